The van der Waals surface area contributed by atoms with E-state index in [-0.39, 0.29) is 17.3 Å². The van der Waals surface area contributed by atoms with Crippen LogP contribution in [-0.2, 0) is 6.18 Å². The van der Waals surface area contributed by atoms with Crippen molar-refractivity contribution in [2.24, 2.45) is 0 Å². The molecule has 11 heteroatoms. The number of aryl methyl sites for hydroxylation is 2. The number of alkyl halides is 3. The molecule has 4 aromatic rings. The number of hydrogen-bond acceptors (Lipinski definition) is 5. The standard InChI is InChI=1S/C23H17F4N5O2/c1-13-3-9-18(11-14(13)2)34-19-10-6-16(12-28-19)29-22(33)20-21(23(25,26)27)32(31-30-20)17-7-4-15(24)5-8-17/h3-12H,1-2H3,(H,29,33). The maximum Gasteiger partial charge on any atom is 0.435 e. The number of carbonyl (C=O) groups excluding carboxylic acids is 1. The van der Waals surface area contributed by atoms with Crippen LogP contribution < -0.4 is 10.1 Å². The summed E-state index contributed by atoms with van der Waals surface area (Å²) >= 11 is 0. The van der Waals surface area contributed by atoms with E-state index in [0.29, 0.717) is 10.4 Å². The highest BCUT2D eigenvalue weighted by Gasteiger charge is 2.42. The van der Waals surface area contributed by atoms with Gasteiger partial charge in [0.15, 0.2) is 11.4 Å². The van der Waals surface area contributed by atoms with Crippen LogP contribution in [0.3, 0.4) is 0 Å². The van der Waals surface area contributed by atoms with Crippen LogP contribution in [0.5, 0.6) is 11.6 Å². The molecule has 0 atom stereocenters. The minimum Gasteiger partial charge on any atom is -0.439 e. The van der Waals surface area contributed by atoms with Crippen molar-refractivity contribution >= 4 is 11.6 Å². The number of rotatable bonds is 5. The van der Waals surface area contributed by atoms with E-state index in [1.165, 1.54) is 18.3 Å². The Kier molecular flexibility index (Phi) is 6.01. The molecule has 0 aliphatic heterocycles. The molecule has 0 aliphatic rings. The molecular formula is C23H17F4N5O2. The number of nitrogens with one attached hydrogen (secondary N) is 1. The molecule has 7 nitrogen and oxygen atoms in total. The highest BCUT2D eigenvalue weighted by molar-refractivity contribution is 6.03. The van der Waals surface area contributed by atoms with Gasteiger partial charge in [0, 0.05) is 6.07 Å². The summed E-state index contributed by atoms with van der Waals surface area (Å²) in [5.74, 6) is -0.961. The smallest absolute Gasteiger partial charge is 0.435 e. The molecule has 4 rings (SSSR count). The molecule has 2 aromatic heterocycles. The van der Waals surface area contributed by atoms with Crippen LogP contribution in [0.2, 0.25) is 0 Å². The third kappa shape index (κ3) is 4.87. The van der Waals surface area contributed by atoms with Gasteiger partial charge in [-0.15, -0.1) is 5.10 Å². The molecule has 34 heavy (non-hydrogen) atoms. The lowest BCUT2D eigenvalue weighted by Gasteiger charge is -2.11. The van der Waals surface area contributed by atoms with Gasteiger partial charge in [0.05, 0.1) is 17.6 Å². The average molecular weight is 471 g/mol. The first-order valence-electron chi connectivity index (χ1n) is 9.93. The van der Waals surface area contributed by atoms with Crippen molar-refractivity contribution in [2.75, 3.05) is 5.32 Å². The Morgan fingerprint density at radius 1 is 1.00 bits per heavy atom. The van der Waals surface area contributed by atoms with E-state index < -0.39 is 29.3 Å². The predicted molar refractivity (Wildman–Crippen MR) is 114 cm³/mol. The second-order valence-electron chi connectivity index (χ2n) is 7.36. The Morgan fingerprint density at radius 3 is 2.35 bits per heavy atom. The van der Waals surface area contributed by atoms with Gasteiger partial charge in [0.2, 0.25) is 5.88 Å². The van der Waals surface area contributed by atoms with Crippen molar-refractivity contribution in [3.05, 3.63) is 89.1 Å². The van der Waals surface area contributed by atoms with Gasteiger partial charge in [0.1, 0.15) is 11.6 Å². The maximum atomic E-state index is 13.7. The van der Waals surface area contributed by atoms with Gasteiger partial charge in [0.25, 0.3) is 5.91 Å². The van der Waals surface area contributed by atoms with Crippen LogP contribution in [0.4, 0.5) is 23.2 Å². The molecule has 1 N–H and O–H groups in total. The molecule has 0 spiro atoms. The fourth-order valence-electron chi connectivity index (χ4n) is 3.06. The third-order valence-corrected chi connectivity index (χ3v) is 4.92. The van der Waals surface area contributed by atoms with E-state index in [9.17, 15) is 22.4 Å². The average Bonchev–Trinajstić information content (AvgIpc) is 3.24. The van der Waals surface area contributed by atoms with Crippen molar-refractivity contribution in [3.63, 3.8) is 0 Å². The minimum absolute atomic E-state index is 0.102. The Labute approximate surface area is 191 Å². The number of pyridine rings is 1. The quantitative estimate of drug-likeness (QED) is 0.390. The van der Waals surface area contributed by atoms with Gasteiger partial charge in [-0.1, -0.05) is 11.3 Å². The Balaban J connectivity index is 1.54. The van der Waals surface area contributed by atoms with Gasteiger partial charge >= 0.3 is 6.18 Å². The SMILES string of the molecule is Cc1ccc(Oc2ccc(NC(=O)c3nnn(-c4ccc(F)cc4)c3C(F)(F)F)cn2)cc1C. The zero-order chi connectivity index (χ0) is 24.5. The molecule has 0 unspecified atom stereocenters. The third-order valence-electron chi connectivity index (χ3n) is 4.92. The van der Waals surface area contributed by atoms with Crippen LogP contribution in [-0.4, -0.2) is 25.9 Å². The Morgan fingerprint density at radius 2 is 1.74 bits per heavy atom. The number of ether oxygens (including phenoxy) is 1. The number of carbonyl (C=O) groups is 1. The normalized spacial score (nSPS) is 11.4. The maximum absolute atomic E-state index is 13.7. The Bertz CT molecular complexity index is 1330. The number of aromatic nitrogens is 4. The number of anilines is 1. The van der Waals surface area contributed by atoms with Crippen molar-refractivity contribution in [2.45, 2.75) is 20.0 Å². The topological polar surface area (TPSA) is 81.9 Å². The minimum atomic E-state index is -4.95. The molecule has 0 saturated heterocycles. The second kappa shape index (κ2) is 8.93. The fourth-order valence-corrected chi connectivity index (χ4v) is 3.06. The molecule has 2 heterocycles. The van der Waals surface area contributed by atoms with Crippen LogP contribution >= 0.6 is 0 Å². The lowest BCUT2D eigenvalue weighted by molar-refractivity contribution is -0.143. The first-order valence-corrected chi connectivity index (χ1v) is 9.93. The summed E-state index contributed by atoms with van der Waals surface area (Å²) in [6, 6.07) is 12.6. The molecular weight excluding hydrogens is 454 g/mol. The van der Waals surface area contributed by atoms with Crippen LogP contribution in [0, 0.1) is 19.7 Å². The first-order chi connectivity index (χ1) is 16.1. The van der Waals surface area contributed by atoms with Gasteiger partial charge in [-0.25, -0.2) is 14.1 Å². The fraction of sp³-hybridized carbons (Fsp3) is 0.130. The van der Waals surface area contributed by atoms with Gasteiger partial charge in [-0.05, 0) is 67.4 Å². The monoisotopic (exact) mass is 471 g/mol. The highest BCUT2D eigenvalue weighted by atomic mass is 19.4. The lowest BCUT2D eigenvalue weighted by Crippen LogP contribution is -2.21. The number of nitrogens with zero attached hydrogens (tertiary/aromatic N) is 4. The van der Waals surface area contributed by atoms with Crippen LogP contribution in [0.25, 0.3) is 5.69 Å². The van der Waals surface area contributed by atoms with E-state index in [1.807, 2.05) is 26.0 Å². The summed E-state index contributed by atoms with van der Waals surface area (Å²) in [5, 5.41) is 9.17. The summed E-state index contributed by atoms with van der Waals surface area (Å²) < 4.78 is 60.5. The molecule has 2 aromatic carbocycles. The van der Waals surface area contributed by atoms with E-state index >= 15 is 0 Å². The molecule has 1 amide bonds. The van der Waals surface area contributed by atoms with Gasteiger partial charge < -0.3 is 10.1 Å². The van der Waals surface area contributed by atoms with E-state index in [4.69, 9.17) is 4.74 Å². The first kappa shape index (κ1) is 22.9. The van der Waals surface area contributed by atoms with E-state index in [0.717, 1.165) is 35.4 Å². The molecule has 0 aliphatic carbocycles. The molecule has 0 fully saturated rings. The number of benzene rings is 2. The van der Waals surface area contributed by atoms with Gasteiger partial charge in [-0.2, -0.15) is 13.2 Å². The van der Waals surface area contributed by atoms with Crippen molar-refractivity contribution in [3.8, 4) is 17.3 Å². The summed E-state index contributed by atoms with van der Waals surface area (Å²) in [4.78, 5) is 16.6. The summed E-state index contributed by atoms with van der Waals surface area (Å²) in [7, 11) is 0. The summed E-state index contributed by atoms with van der Waals surface area (Å²) in [5.41, 5.74) is -0.160. The highest BCUT2D eigenvalue weighted by Crippen LogP contribution is 2.33. The summed E-state index contributed by atoms with van der Waals surface area (Å²) in [6.07, 6.45) is -3.71. The van der Waals surface area contributed by atoms with Crippen molar-refractivity contribution in [1.29, 1.82) is 0 Å². The van der Waals surface area contributed by atoms with E-state index in [2.05, 4.69) is 20.6 Å². The predicted octanol–water partition coefficient (Wildman–Crippen LogP) is 5.48. The molecule has 174 valence electrons. The van der Waals surface area contributed by atoms with Gasteiger partial charge in [-0.3, -0.25) is 4.79 Å². The zero-order valence-corrected chi connectivity index (χ0v) is 17.9. The Hall–Kier alpha value is -4.28. The van der Waals surface area contributed by atoms with E-state index in [1.54, 1.807) is 6.07 Å². The molecule has 0 saturated carbocycles. The number of hydrogen-bond donors (Lipinski definition) is 1. The van der Waals surface area contributed by atoms with Crippen LogP contribution in [0.15, 0.2) is 60.8 Å². The summed E-state index contributed by atoms with van der Waals surface area (Å²) in [6.45, 7) is 3.91. The second-order valence-corrected chi connectivity index (χ2v) is 7.36. The van der Waals surface area contributed by atoms with Crippen molar-refractivity contribution < 1.29 is 27.1 Å². The lowest BCUT2D eigenvalue weighted by atomic mass is 10.1. The number of amides is 1. The largest absolute Gasteiger partial charge is 0.439 e. The van der Waals surface area contributed by atoms with Crippen LogP contribution in [0.1, 0.15) is 27.3 Å². The number of halogens is 4. The van der Waals surface area contributed by atoms with Crippen molar-refractivity contribution in [1.82, 2.24) is 20.0 Å². The zero-order valence-electron chi connectivity index (χ0n) is 17.9. The molecule has 0 radical (unpaired) electrons. The molecule has 0 bridgehead atoms.